The van der Waals surface area contributed by atoms with Crippen LogP contribution in [0.4, 0.5) is 0 Å². The summed E-state index contributed by atoms with van der Waals surface area (Å²) in [5.41, 5.74) is 0.286. The van der Waals surface area contributed by atoms with Crippen molar-refractivity contribution in [2.45, 2.75) is 57.5 Å². The maximum Gasteiger partial charge on any atom is 0.0633 e. The Morgan fingerprint density at radius 3 is 2.87 bits per heavy atom. The molecule has 0 heterocycles. The molecule has 1 unspecified atom stereocenters. The number of allylic oxidation sites excluding steroid dienone is 2. The van der Waals surface area contributed by atoms with Crippen LogP contribution in [0.1, 0.15) is 51.4 Å². The average molecular weight is 206 g/mol. The molecule has 0 saturated heterocycles. The SMILES string of the molecule is OC1[C@H]2CC=C[C@H]3CCC[C@@]13CCCC2. The molecule has 0 aromatic rings. The Morgan fingerprint density at radius 2 is 1.93 bits per heavy atom. The van der Waals surface area contributed by atoms with Crippen molar-refractivity contribution in [2.24, 2.45) is 17.3 Å². The summed E-state index contributed by atoms with van der Waals surface area (Å²) in [5, 5.41) is 10.7. The number of hydrogen-bond acceptors (Lipinski definition) is 1. The van der Waals surface area contributed by atoms with Gasteiger partial charge in [-0.15, -0.1) is 0 Å². The summed E-state index contributed by atoms with van der Waals surface area (Å²) in [4.78, 5) is 0. The van der Waals surface area contributed by atoms with Gasteiger partial charge >= 0.3 is 0 Å². The quantitative estimate of drug-likeness (QED) is 0.603. The number of rotatable bonds is 0. The molecule has 1 spiro atoms. The lowest BCUT2D eigenvalue weighted by Gasteiger charge is -2.39. The van der Waals surface area contributed by atoms with E-state index in [1.807, 2.05) is 0 Å². The van der Waals surface area contributed by atoms with Crippen LogP contribution in [0.3, 0.4) is 0 Å². The second-order valence-electron chi connectivity index (χ2n) is 5.85. The summed E-state index contributed by atoms with van der Waals surface area (Å²) < 4.78 is 0. The smallest absolute Gasteiger partial charge is 0.0633 e. The molecule has 0 aromatic heterocycles. The Bertz CT molecular complexity index is 271. The van der Waals surface area contributed by atoms with Gasteiger partial charge in [-0.25, -0.2) is 0 Å². The Hall–Kier alpha value is -0.300. The first-order valence-corrected chi connectivity index (χ1v) is 6.68. The summed E-state index contributed by atoms with van der Waals surface area (Å²) in [6, 6.07) is 0. The first-order chi connectivity index (χ1) is 7.33. The Morgan fingerprint density at radius 1 is 1.07 bits per heavy atom. The molecule has 15 heavy (non-hydrogen) atoms. The van der Waals surface area contributed by atoms with E-state index >= 15 is 0 Å². The van der Waals surface area contributed by atoms with Crippen molar-refractivity contribution in [3.05, 3.63) is 12.2 Å². The molecule has 2 saturated carbocycles. The lowest BCUT2D eigenvalue weighted by molar-refractivity contribution is -0.0276. The molecule has 1 heteroatoms. The third-order valence-electron chi connectivity index (χ3n) is 5.21. The summed E-state index contributed by atoms with van der Waals surface area (Å²) in [6.45, 7) is 0. The van der Waals surface area contributed by atoms with Gasteiger partial charge in [0.2, 0.25) is 0 Å². The molecule has 3 rings (SSSR count). The van der Waals surface area contributed by atoms with Crippen molar-refractivity contribution in [1.29, 1.82) is 0 Å². The van der Waals surface area contributed by atoms with Crippen LogP contribution in [0.2, 0.25) is 0 Å². The predicted molar refractivity (Wildman–Crippen MR) is 61.5 cm³/mol. The van der Waals surface area contributed by atoms with Crippen molar-refractivity contribution in [1.82, 2.24) is 0 Å². The van der Waals surface area contributed by atoms with Gasteiger partial charge in [0.25, 0.3) is 0 Å². The zero-order chi connectivity index (χ0) is 10.3. The van der Waals surface area contributed by atoms with E-state index in [4.69, 9.17) is 0 Å². The van der Waals surface area contributed by atoms with Crippen LogP contribution >= 0.6 is 0 Å². The molecule has 84 valence electrons. The molecule has 2 fully saturated rings. The van der Waals surface area contributed by atoms with E-state index in [2.05, 4.69) is 12.2 Å². The van der Waals surface area contributed by atoms with Gasteiger partial charge in [0.15, 0.2) is 0 Å². The van der Waals surface area contributed by atoms with Gasteiger partial charge in [0, 0.05) is 5.41 Å². The maximum atomic E-state index is 10.7. The van der Waals surface area contributed by atoms with E-state index in [1.165, 1.54) is 44.9 Å². The van der Waals surface area contributed by atoms with Crippen molar-refractivity contribution < 1.29 is 5.11 Å². The van der Waals surface area contributed by atoms with Crippen molar-refractivity contribution in [3.8, 4) is 0 Å². The van der Waals surface area contributed by atoms with Crippen LogP contribution < -0.4 is 0 Å². The van der Waals surface area contributed by atoms with E-state index < -0.39 is 0 Å². The first-order valence-electron chi connectivity index (χ1n) is 6.68. The van der Waals surface area contributed by atoms with E-state index in [1.54, 1.807) is 0 Å². The van der Waals surface area contributed by atoms with E-state index in [0.29, 0.717) is 11.8 Å². The van der Waals surface area contributed by atoms with Crippen LogP contribution in [0.5, 0.6) is 0 Å². The minimum absolute atomic E-state index is 0.0116. The minimum atomic E-state index is -0.0116. The third kappa shape index (κ3) is 1.39. The van der Waals surface area contributed by atoms with Gasteiger partial charge in [0.05, 0.1) is 6.10 Å². The Kier molecular flexibility index (Phi) is 2.39. The molecule has 0 aliphatic heterocycles. The molecule has 1 nitrogen and oxygen atoms in total. The minimum Gasteiger partial charge on any atom is -0.392 e. The molecule has 3 aliphatic carbocycles. The van der Waals surface area contributed by atoms with Gasteiger partial charge < -0.3 is 5.11 Å². The molecule has 4 atom stereocenters. The van der Waals surface area contributed by atoms with E-state index in [9.17, 15) is 5.11 Å². The lowest BCUT2D eigenvalue weighted by atomic mass is 9.69. The molecule has 0 radical (unpaired) electrons. The van der Waals surface area contributed by atoms with Crippen LogP contribution in [0.25, 0.3) is 0 Å². The van der Waals surface area contributed by atoms with Gasteiger partial charge in [-0.05, 0) is 43.9 Å². The first kappa shape index (κ1) is 9.89. The highest BCUT2D eigenvalue weighted by Gasteiger charge is 2.50. The fraction of sp³-hybridized carbons (Fsp3) is 0.857. The second-order valence-corrected chi connectivity index (χ2v) is 5.85. The lowest BCUT2D eigenvalue weighted by Crippen LogP contribution is -2.40. The average Bonchev–Trinajstić information content (AvgIpc) is 2.54. The highest BCUT2D eigenvalue weighted by atomic mass is 16.3. The van der Waals surface area contributed by atoms with E-state index in [-0.39, 0.29) is 11.5 Å². The Labute approximate surface area is 92.6 Å². The highest BCUT2D eigenvalue weighted by molar-refractivity contribution is 5.11. The Balaban J connectivity index is 2.00. The van der Waals surface area contributed by atoms with Crippen molar-refractivity contribution in [2.75, 3.05) is 0 Å². The molecule has 3 aliphatic rings. The molecule has 0 aromatic carbocycles. The van der Waals surface area contributed by atoms with Crippen LogP contribution in [0, 0.1) is 17.3 Å². The maximum absolute atomic E-state index is 10.7. The summed E-state index contributed by atoms with van der Waals surface area (Å²) in [6.07, 6.45) is 15.0. The normalized spacial score (nSPS) is 49.5. The predicted octanol–water partition coefficient (Wildman–Crippen LogP) is 3.28. The number of fused-ring (bicyclic) bond motifs is 1. The van der Waals surface area contributed by atoms with Gasteiger partial charge in [-0.3, -0.25) is 0 Å². The topological polar surface area (TPSA) is 20.2 Å². The van der Waals surface area contributed by atoms with E-state index in [0.717, 1.165) is 6.42 Å². The zero-order valence-electron chi connectivity index (χ0n) is 9.49. The molecular formula is C14H22O. The fourth-order valence-corrected chi connectivity index (χ4v) is 4.39. The summed E-state index contributed by atoms with van der Waals surface area (Å²) in [7, 11) is 0. The van der Waals surface area contributed by atoms with Crippen LogP contribution in [-0.2, 0) is 0 Å². The van der Waals surface area contributed by atoms with Gasteiger partial charge in [-0.1, -0.05) is 31.4 Å². The standard InChI is InChI=1S/C14H22O/c15-13-11-5-1-2-9-14(13)10-4-8-12(14)7-3-6-11/h3,7,11-13,15H,1-2,4-6,8-10H2/t11-,12+,13?,14-/m1/s1. The van der Waals surface area contributed by atoms with Crippen molar-refractivity contribution in [3.63, 3.8) is 0 Å². The largest absolute Gasteiger partial charge is 0.392 e. The number of aliphatic hydroxyl groups is 1. The molecular weight excluding hydrogens is 184 g/mol. The molecule has 2 bridgehead atoms. The second kappa shape index (κ2) is 3.62. The van der Waals surface area contributed by atoms with Crippen molar-refractivity contribution >= 4 is 0 Å². The summed E-state index contributed by atoms with van der Waals surface area (Å²) in [5.74, 6) is 1.25. The monoisotopic (exact) mass is 206 g/mol. The summed E-state index contributed by atoms with van der Waals surface area (Å²) >= 11 is 0. The third-order valence-corrected chi connectivity index (χ3v) is 5.21. The van der Waals surface area contributed by atoms with Gasteiger partial charge in [0.1, 0.15) is 0 Å². The van der Waals surface area contributed by atoms with Crippen LogP contribution in [0.15, 0.2) is 12.2 Å². The highest BCUT2D eigenvalue weighted by Crippen LogP contribution is 2.55. The fourth-order valence-electron chi connectivity index (χ4n) is 4.39. The number of aliphatic hydroxyl groups excluding tert-OH is 1. The molecule has 1 N–H and O–H groups in total. The zero-order valence-corrected chi connectivity index (χ0v) is 9.49. The number of hydrogen-bond donors (Lipinski definition) is 1. The van der Waals surface area contributed by atoms with Crippen LogP contribution in [-0.4, -0.2) is 11.2 Å². The van der Waals surface area contributed by atoms with Gasteiger partial charge in [-0.2, -0.15) is 0 Å². The molecule has 0 amide bonds.